The summed E-state index contributed by atoms with van der Waals surface area (Å²) in [5.41, 5.74) is 13.8. The van der Waals surface area contributed by atoms with Crippen LogP contribution in [0.3, 0.4) is 0 Å². The van der Waals surface area contributed by atoms with Crippen LogP contribution in [0, 0.1) is 5.82 Å². The van der Waals surface area contributed by atoms with Gasteiger partial charge in [-0.15, -0.1) is 11.3 Å². The molecular formula is C30H43FN8OS2. The highest BCUT2D eigenvalue weighted by molar-refractivity contribution is 7.98. The van der Waals surface area contributed by atoms with E-state index in [0.29, 0.717) is 18.2 Å². The van der Waals surface area contributed by atoms with Gasteiger partial charge in [-0.3, -0.25) is 4.98 Å². The van der Waals surface area contributed by atoms with E-state index in [4.69, 9.17) is 11.5 Å². The summed E-state index contributed by atoms with van der Waals surface area (Å²) in [7, 11) is 2.16. The average Bonchev–Trinajstić information content (AvgIpc) is 3.42. The number of pyridine rings is 1. The maximum atomic E-state index is 13.5. The molecule has 6 N–H and O–H groups in total. The number of halogens is 1. The molecule has 0 saturated heterocycles. The number of hydrogen-bond acceptors (Lipinski definition) is 7. The quantitative estimate of drug-likeness (QED) is 0.0826. The topological polar surface area (TPSA) is 135 Å². The maximum absolute atomic E-state index is 13.5. The van der Waals surface area contributed by atoms with Gasteiger partial charge < -0.3 is 27.0 Å². The average molecular weight is 615 g/mol. The summed E-state index contributed by atoms with van der Waals surface area (Å²) in [6, 6.07) is 12.6. The van der Waals surface area contributed by atoms with Crippen LogP contribution in [0.1, 0.15) is 61.4 Å². The minimum absolute atomic E-state index is 0.00462. The molecule has 2 amide bonds. The first-order valence-corrected chi connectivity index (χ1v) is 16.4. The SMILES string of the molecule is CN(CCCCCCCNC(=O)NCCSCc1csc(N=C(N)N)n1)CCC(c1ccc(F)cc1)c1ccccn1. The molecule has 228 valence electrons. The number of nitrogens with two attached hydrogens (primary N) is 2. The molecular weight excluding hydrogens is 572 g/mol. The molecule has 42 heavy (non-hydrogen) atoms. The molecule has 0 fully saturated rings. The number of guanidine groups is 1. The van der Waals surface area contributed by atoms with E-state index in [1.807, 2.05) is 41.9 Å². The Kier molecular flexibility index (Phi) is 15.1. The molecule has 3 aromatic rings. The van der Waals surface area contributed by atoms with Crippen molar-refractivity contribution in [3.63, 3.8) is 0 Å². The Balaban J connectivity index is 1.18. The van der Waals surface area contributed by atoms with Gasteiger partial charge in [0.25, 0.3) is 0 Å². The summed E-state index contributed by atoms with van der Waals surface area (Å²) < 4.78 is 13.5. The van der Waals surface area contributed by atoms with Crippen molar-refractivity contribution in [1.82, 2.24) is 25.5 Å². The van der Waals surface area contributed by atoms with E-state index >= 15 is 0 Å². The molecule has 12 heteroatoms. The third-order valence-electron chi connectivity index (χ3n) is 6.67. The van der Waals surface area contributed by atoms with Crippen LogP contribution in [0.4, 0.5) is 14.3 Å². The minimum Gasteiger partial charge on any atom is -0.370 e. The van der Waals surface area contributed by atoms with E-state index in [1.54, 1.807) is 11.8 Å². The van der Waals surface area contributed by atoms with Gasteiger partial charge in [-0.25, -0.2) is 14.2 Å². The van der Waals surface area contributed by atoms with Crippen LogP contribution in [0.5, 0.6) is 0 Å². The van der Waals surface area contributed by atoms with Crippen LogP contribution < -0.4 is 22.1 Å². The summed E-state index contributed by atoms with van der Waals surface area (Å²) in [6.07, 6.45) is 8.29. The normalized spacial score (nSPS) is 11.8. The molecule has 1 unspecified atom stereocenters. The number of thioether (sulfide) groups is 1. The van der Waals surface area contributed by atoms with E-state index < -0.39 is 0 Å². The van der Waals surface area contributed by atoms with E-state index in [2.05, 4.69) is 37.5 Å². The first-order valence-electron chi connectivity index (χ1n) is 14.4. The summed E-state index contributed by atoms with van der Waals surface area (Å²) in [4.78, 5) is 27.2. The van der Waals surface area contributed by atoms with Gasteiger partial charge in [0, 0.05) is 47.8 Å². The van der Waals surface area contributed by atoms with Gasteiger partial charge in [-0.2, -0.15) is 16.8 Å². The Morgan fingerprint density at radius 2 is 1.81 bits per heavy atom. The van der Waals surface area contributed by atoms with Crippen LogP contribution in [-0.4, -0.2) is 65.8 Å². The molecule has 3 rings (SSSR count). The molecule has 9 nitrogen and oxygen atoms in total. The number of aliphatic imine (C=N–C) groups is 1. The number of carbonyl (C=O) groups is 1. The number of amides is 2. The second kappa shape index (κ2) is 19.1. The second-order valence-corrected chi connectivity index (χ2v) is 12.1. The number of urea groups is 1. The number of nitrogens with zero attached hydrogens (tertiary/aromatic N) is 4. The van der Waals surface area contributed by atoms with Gasteiger partial charge in [0.05, 0.1) is 5.69 Å². The van der Waals surface area contributed by atoms with Crippen LogP contribution in [0.15, 0.2) is 59.0 Å². The van der Waals surface area contributed by atoms with Crippen molar-refractivity contribution in [2.75, 3.05) is 39.0 Å². The van der Waals surface area contributed by atoms with Crippen molar-refractivity contribution in [2.24, 2.45) is 16.5 Å². The zero-order valence-electron chi connectivity index (χ0n) is 24.3. The zero-order valence-corrected chi connectivity index (χ0v) is 25.9. The van der Waals surface area contributed by atoms with Gasteiger partial charge in [-0.1, -0.05) is 37.5 Å². The van der Waals surface area contributed by atoms with Gasteiger partial charge in [0.1, 0.15) is 5.82 Å². The second-order valence-electron chi connectivity index (χ2n) is 10.1. The fraction of sp³-hybridized carbons (Fsp3) is 0.467. The molecule has 1 aromatic carbocycles. The minimum atomic E-state index is -0.218. The molecule has 2 aromatic heterocycles. The maximum Gasteiger partial charge on any atom is 0.314 e. The Morgan fingerprint density at radius 1 is 1.05 bits per heavy atom. The predicted octanol–water partition coefficient (Wildman–Crippen LogP) is 5.22. The van der Waals surface area contributed by atoms with Crippen molar-refractivity contribution in [1.29, 1.82) is 0 Å². The number of carbonyl (C=O) groups excluding carboxylic acids is 1. The Morgan fingerprint density at radius 3 is 2.57 bits per heavy atom. The van der Waals surface area contributed by atoms with E-state index in [-0.39, 0.29) is 23.7 Å². The Bertz CT molecular complexity index is 1210. The molecule has 0 radical (unpaired) electrons. The first kappa shape index (κ1) is 33.3. The molecule has 0 aliphatic heterocycles. The van der Waals surface area contributed by atoms with Gasteiger partial charge in [0.15, 0.2) is 5.96 Å². The van der Waals surface area contributed by atoms with Gasteiger partial charge in [0.2, 0.25) is 5.13 Å². The fourth-order valence-electron chi connectivity index (χ4n) is 4.46. The monoisotopic (exact) mass is 614 g/mol. The first-order chi connectivity index (χ1) is 20.4. The molecule has 0 aliphatic rings. The standard InChI is InChI=1S/C30H43FN8OS2/c1-39(19-14-26(27-9-5-7-15-34-27)23-10-12-24(31)13-11-23)18-8-4-2-3-6-16-35-29(40)36-17-20-41-21-25-22-42-30(37-25)38-28(32)33/h5,7,9-13,15,22,26H,2-4,6,8,14,16-21H2,1H3,(H2,35,36,40)(H4,32,33,37,38). The van der Waals surface area contributed by atoms with Crippen molar-refractivity contribution in [3.05, 3.63) is 76.8 Å². The summed E-state index contributed by atoms with van der Waals surface area (Å²) in [6.45, 7) is 3.27. The highest BCUT2D eigenvalue weighted by Gasteiger charge is 2.16. The molecule has 1 atom stereocenters. The van der Waals surface area contributed by atoms with E-state index in [1.165, 1.54) is 29.9 Å². The number of benzene rings is 1. The smallest absolute Gasteiger partial charge is 0.314 e. The summed E-state index contributed by atoms with van der Waals surface area (Å²) >= 11 is 3.10. The number of thiazole rings is 1. The zero-order chi connectivity index (χ0) is 30.0. The third-order valence-corrected chi connectivity index (χ3v) is 8.44. The number of aromatic nitrogens is 2. The number of unbranched alkanes of at least 4 members (excludes halogenated alkanes) is 4. The Labute approximate surface area is 256 Å². The number of nitrogens with one attached hydrogen (secondary N) is 2. The van der Waals surface area contributed by atoms with Crippen molar-refractivity contribution in [3.8, 4) is 0 Å². The Hall–Kier alpha value is -3.22. The number of hydrogen-bond donors (Lipinski definition) is 4. The largest absolute Gasteiger partial charge is 0.370 e. The lowest BCUT2D eigenvalue weighted by atomic mass is 9.91. The van der Waals surface area contributed by atoms with Crippen molar-refractivity contribution >= 4 is 40.2 Å². The van der Waals surface area contributed by atoms with Gasteiger partial charge in [-0.05, 0) is 69.2 Å². The summed E-state index contributed by atoms with van der Waals surface area (Å²) in [5.74, 6) is 1.48. The fourth-order valence-corrected chi connectivity index (χ4v) is 6.02. The van der Waals surface area contributed by atoms with E-state index in [9.17, 15) is 9.18 Å². The molecule has 0 aliphatic carbocycles. The molecule has 0 spiro atoms. The van der Waals surface area contributed by atoms with Crippen LogP contribution in [-0.2, 0) is 5.75 Å². The lowest BCUT2D eigenvalue weighted by Gasteiger charge is -2.22. The van der Waals surface area contributed by atoms with Crippen LogP contribution in [0.2, 0.25) is 0 Å². The van der Waals surface area contributed by atoms with Crippen LogP contribution >= 0.6 is 23.1 Å². The molecule has 2 heterocycles. The summed E-state index contributed by atoms with van der Waals surface area (Å²) in [5, 5.41) is 8.32. The molecule has 0 bridgehead atoms. The predicted molar refractivity (Wildman–Crippen MR) is 173 cm³/mol. The highest BCUT2D eigenvalue weighted by Crippen LogP contribution is 2.27. The van der Waals surface area contributed by atoms with Crippen LogP contribution in [0.25, 0.3) is 0 Å². The third kappa shape index (κ3) is 13.2. The van der Waals surface area contributed by atoms with Crippen molar-refractivity contribution in [2.45, 2.75) is 50.2 Å². The van der Waals surface area contributed by atoms with E-state index in [0.717, 1.165) is 73.7 Å². The highest BCUT2D eigenvalue weighted by atomic mass is 32.2. The lowest BCUT2D eigenvalue weighted by molar-refractivity contribution is 0.241. The van der Waals surface area contributed by atoms with Gasteiger partial charge >= 0.3 is 6.03 Å². The number of rotatable bonds is 19. The van der Waals surface area contributed by atoms with Crippen molar-refractivity contribution < 1.29 is 9.18 Å². The lowest BCUT2D eigenvalue weighted by Crippen LogP contribution is -2.37. The molecule has 0 saturated carbocycles.